The summed E-state index contributed by atoms with van der Waals surface area (Å²) in [6.45, 7) is 1.78. The SMILES string of the molecule is COc1ccc(N[C@@H](C)C(=O)Nc2nc(-c3ccccc3)cs2)c(OC)c1. The molecule has 0 aliphatic heterocycles. The number of rotatable bonds is 7. The van der Waals surface area contributed by atoms with Crippen molar-refractivity contribution in [3.05, 3.63) is 53.9 Å². The zero-order chi connectivity index (χ0) is 19.2. The van der Waals surface area contributed by atoms with Crippen LogP contribution in [0.3, 0.4) is 0 Å². The van der Waals surface area contributed by atoms with E-state index >= 15 is 0 Å². The van der Waals surface area contributed by atoms with Crippen molar-refractivity contribution in [3.8, 4) is 22.8 Å². The Morgan fingerprint density at radius 2 is 1.89 bits per heavy atom. The van der Waals surface area contributed by atoms with E-state index in [0.29, 0.717) is 22.3 Å². The molecule has 3 aromatic rings. The summed E-state index contributed by atoms with van der Waals surface area (Å²) in [5.74, 6) is 1.11. The summed E-state index contributed by atoms with van der Waals surface area (Å²) in [5.41, 5.74) is 2.57. The molecule has 0 unspecified atom stereocenters. The van der Waals surface area contributed by atoms with Gasteiger partial charge in [0.25, 0.3) is 0 Å². The van der Waals surface area contributed by atoms with Crippen LogP contribution in [0, 0.1) is 0 Å². The summed E-state index contributed by atoms with van der Waals surface area (Å²) < 4.78 is 10.5. The summed E-state index contributed by atoms with van der Waals surface area (Å²) >= 11 is 1.40. The molecule has 0 spiro atoms. The van der Waals surface area contributed by atoms with Gasteiger partial charge in [0, 0.05) is 17.0 Å². The fourth-order valence-electron chi connectivity index (χ4n) is 2.50. The molecule has 0 aliphatic rings. The molecule has 7 heteroatoms. The highest BCUT2D eigenvalue weighted by molar-refractivity contribution is 7.14. The number of carbonyl (C=O) groups excluding carboxylic acids is 1. The van der Waals surface area contributed by atoms with E-state index in [1.165, 1.54) is 11.3 Å². The summed E-state index contributed by atoms with van der Waals surface area (Å²) in [7, 11) is 3.17. The van der Waals surface area contributed by atoms with Crippen molar-refractivity contribution in [2.75, 3.05) is 24.9 Å². The van der Waals surface area contributed by atoms with Crippen molar-refractivity contribution in [1.82, 2.24) is 4.98 Å². The number of hydrogen-bond acceptors (Lipinski definition) is 6. The van der Waals surface area contributed by atoms with Crippen LogP contribution in [-0.4, -0.2) is 31.2 Å². The molecule has 6 nitrogen and oxygen atoms in total. The van der Waals surface area contributed by atoms with Crippen molar-refractivity contribution >= 4 is 28.1 Å². The summed E-state index contributed by atoms with van der Waals surface area (Å²) in [4.78, 5) is 17.0. The maximum Gasteiger partial charge on any atom is 0.248 e. The van der Waals surface area contributed by atoms with E-state index in [1.54, 1.807) is 27.2 Å². The molecule has 2 N–H and O–H groups in total. The van der Waals surface area contributed by atoms with Gasteiger partial charge in [0.05, 0.1) is 25.6 Å². The highest BCUT2D eigenvalue weighted by Gasteiger charge is 2.17. The first-order chi connectivity index (χ1) is 13.1. The van der Waals surface area contributed by atoms with Gasteiger partial charge in [-0.1, -0.05) is 30.3 Å². The topological polar surface area (TPSA) is 72.5 Å². The molecular weight excluding hydrogens is 362 g/mol. The van der Waals surface area contributed by atoms with Crippen LogP contribution in [0.2, 0.25) is 0 Å². The standard InChI is InChI=1S/C20H21N3O3S/c1-13(21-16-10-9-15(25-2)11-18(16)26-3)19(24)23-20-22-17(12-27-20)14-7-5-4-6-8-14/h4-13,21H,1-3H3,(H,22,23,24)/t13-/m0/s1. The Morgan fingerprint density at radius 3 is 2.59 bits per heavy atom. The fraction of sp³-hybridized carbons (Fsp3) is 0.200. The van der Waals surface area contributed by atoms with Gasteiger partial charge in [-0.3, -0.25) is 4.79 Å². The lowest BCUT2D eigenvalue weighted by atomic mass is 10.2. The number of benzene rings is 2. The van der Waals surface area contributed by atoms with Crippen LogP contribution < -0.4 is 20.1 Å². The first-order valence-electron chi connectivity index (χ1n) is 8.41. The number of methoxy groups -OCH3 is 2. The number of hydrogen-bond donors (Lipinski definition) is 2. The predicted octanol–water partition coefficient (Wildman–Crippen LogP) is 4.27. The molecule has 1 aromatic heterocycles. The predicted molar refractivity (Wildman–Crippen MR) is 109 cm³/mol. The number of thiazole rings is 1. The maximum atomic E-state index is 12.5. The minimum Gasteiger partial charge on any atom is -0.497 e. The Kier molecular flexibility index (Phi) is 5.93. The van der Waals surface area contributed by atoms with E-state index in [2.05, 4.69) is 15.6 Å². The minimum absolute atomic E-state index is 0.179. The molecule has 1 atom stereocenters. The molecule has 1 heterocycles. The number of ether oxygens (including phenoxy) is 2. The molecule has 3 rings (SSSR count). The Labute approximate surface area is 162 Å². The van der Waals surface area contributed by atoms with Gasteiger partial charge in [-0.2, -0.15) is 0 Å². The fourth-order valence-corrected chi connectivity index (χ4v) is 3.23. The normalized spacial score (nSPS) is 11.5. The van der Waals surface area contributed by atoms with Crippen molar-refractivity contribution in [1.29, 1.82) is 0 Å². The molecule has 0 saturated heterocycles. The van der Waals surface area contributed by atoms with Gasteiger partial charge >= 0.3 is 0 Å². The minimum atomic E-state index is -0.476. The van der Waals surface area contributed by atoms with Crippen LogP contribution in [0.5, 0.6) is 11.5 Å². The molecule has 0 fully saturated rings. The summed E-state index contributed by atoms with van der Waals surface area (Å²) in [6.07, 6.45) is 0. The largest absolute Gasteiger partial charge is 0.497 e. The van der Waals surface area contributed by atoms with E-state index in [-0.39, 0.29) is 5.91 Å². The van der Waals surface area contributed by atoms with Crippen LogP contribution in [0.15, 0.2) is 53.9 Å². The van der Waals surface area contributed by atoms with Crippen molar-refractivity contribution in [2.24, 2.45) is 0 Å². The van der Waals surface area contributed by atoms with E-state index in [0.717, 1.165) is 11.3 Å². The van der Waals surface area contributed by atoms with Gasteiger partial charge in [0.15, 0.2) is 5.13 Å². The molecule has 140 valence electrons. The molecule has 0 bridgehead atoms. The van der Waals surface area contributed by atoms with Crippen LogP contribution in [-0.2, 0) is 4.79 Å². The zero-order valence-corrected chi connectivity index (χ0v) is 16.2. The second-order valence-electron chi connectivity index (χ2n) is 5.83. The van der Waals surface area contributed by atoms with Gasteiger partial charge in [-0.15, -0.1) is 11.3 Å². The first kappa shape index (κ1) is 18.7. The lowest BCUT2D eigenvalue weighted by molar-refractivity contribution is -0.116. The van der Waals surface area contributed by atoms with Gasteiger partial charge in [0.2, 0.25) is 5.91 Å². The van der Waals surface area contributed by atoms with Crippen LogP contribution in [0.4, 0.5) is 10.8 Å². The number of amides is 1. The number of nitrogens with zero attached hydrogens (tertiary/aromatic N) is 1. The second-order valence-corrected chi connectivity index (χ2v) is 6.68. The summed E-state index contributed by atoms with van der Waals surface area (Å²) in [6, 6.07) is 14.8. The quantitative estimate of drug-likeness (QED) is 0.638. The van der Waals surface area contributed by atoms with Crippen LogP contribution in [0.25, 0.3) is 11.3 Å². The smallest absolute Gasteiger partial charge is 0.248 e. The monoisotopic (exact) mass is 383 g/mol. The Morgan fingerprint density at radius 1 is 1.11 bits per heavy atom. The number of anilines is 2. The van der Waals surface area contributed by atoms with Crippen LogP contribution >= 0.6 is 11.3 Å². The highest BCUT2D eigenvalue weighted by Crippen LogP contribution is 2.30. The molecule has 0 saturated carbocycles. The zero-order valence-electron chi connectivity index (χ0n) is 15.4. The maximum absolute atomic E-state index is 12.5. The third kappa shape index (κ3) is 4.57. The summed E-state index contributed by atoms with van der Waals surface area (Å²) in [5, 5.41) is 8.50. The number of aromatic nitrogens is 1. The van der Waals surface area contributed by atoms with Crippen molar-refractivity contribution in [2.45, 2.75) is 13.0 Å². The van der Waals surface area contributed by atoms with Crippen molar-refractivity contribution < 1.29 is 14.3 Å². The average molecular weight is 383 g/mol. The molecule has 1 amide bonds. The van der Waals surface area contributed by atoms with E-state index in [4.69, 9.17) is 9.47 Å². The van der Waals surface area contributed by atoms with E-state index in [1.807, 2.05) is 47.8 Å². The number of nitrogens with one attached hydrogen (secondary N) is 2. The molecule has 2 aromatic carbocycles. The van der Waals surface area contributed by atoms with Crippen molar-refractivity contribution in [3.63, 3.8) is 0 Å². The molecule has 27 heavy (non-hydrogen) atoms. The molecule has 0 radical (unpaired) electrons. The van der Waals surface area contributed by atoms with Gasteiger partial charge in [0.1, 0.15) is 17.5 Å². The third-order valence-electron chi connectivity index (χ3n) is 3.98. The highest BCUT2D eigenvalue weighted by atomic mass is 32.1. The lowest BCUT2D eigenvalue weighted by Gasteiger charge is -2.17. The van der Waals surface area contributed by atoms with Gasteiger partial charge in [-0.05, 0) is 19.1 Å². The Hall–Kier alpha value is -3.06. The van der Waals surface area contributed by atoms with E-state index < -0.39 is 6.04 Å². The van der Waals surface area contributed by atoms with Crippen LogP contribution in [0.1, 0.15) is 6.92 Å². The third-order valence-corrected chi connectivity index (χ3v) is 4.74. The van der Waals surface area contributed by atoms with E-state index in [9.17, 15) is 4.79 Å². The average Bonchev–Trinajstić information content (AvgIpc) is 3.17. The van der Waals surface area contributed by atoms with Gasteiger partial charge < -0.3 is 20.1 Å². The lowest BCUT2D eigenvalue weighted by Crippen LogP contribution is -2.32. The second kappa shape index (κ2) is 8.55. The Bertz CT molecular complexity index is 912. The Balaban J connectivity index is 1.65. The molecule has 0 aliphatic carbocycles. The number of carbonyl (C=O) groups is 1. The first-order valence-corrected chi connectivity index (χ1v) is 9.29. The molecular formula is C20H21N3O3S. The van der Waals surface area contributed by atoms with Gasteiger partial charge in [-0.25, -0.2) is 4.98 Å².